The summed E-state index contributed by atoms with van der Waals surface area (Å²) >= 11 is 0. The van der Waals surface area contributed by atoms with Gasteiger partial charge in [-0.25, -0.2) is 9.59 Å². The Kier molecular flexibility index (Phi) is 11.3. The Morgan fingerprint density at radius 3 is 1.25 bits per heavy atom. The van der Waals surface area contributed by atoms with E-state index in [1.165, 1.54) is 0 Å². The van der Waals surface area contributed by atoms with Gasteiger partial charge in [-0.2, -0.15) is 0 Å². The second-order valence-electron chi connectivity index (χ2n) is 13.3. The van der Waals surface area contributed by atoms with Crippen molar-refractivity contribution in [1.82, 2.24) is 0 Å². The lowest BCUT2D eigenvalue weighted by atomic mass is 9.82. The molecule has 0 unspecified atom stereocenters. The first kappa shape index (κ1) is 36.5. The summed E-state index contributed by atoms with van der Waals surface area (Å²) in [5.74, 6) is -0.584. The molecule has 1 aliphatic carbocycles. The summed E-state index contributed by atoms with van der Waals surface area (Å²) in [5.41, 5.74) is 8.05. The standard InChI is InChI=1S/C43H42O8/c1-27(2)41(46)48-25-31-11-7-29(8-12-31)15-21-39(44)50-33-17-19-35-36-20-18-34(24-38(36)43(5,6)37(35)23-33)51-40(45)22-16-30-9-13-32(14-10-30)26-49-42(47)28(3)4/h7-14,17-20,23-24H,1,3,15-16,21-22,25-26H2,2,4-6H3. The van der Waals surface area contributed by atoms with Gasteiger partial charge in [0.15, 0.2) is 0 Å². The van der Waals surface area contributed by atoms with Crippen molar-refractivity contribution in [3.8, 4) is 22.6 Å². The lowest BCUT2D eigenvalue weighted by Crippen LogP contribution is -2.16. The Labute approximate surface area is 298 Å². The van der Waals surface area contributed by atoms with E-state index in [2.05, 4.69) is 27.0 Å². The predicted molar refractivity (Wildman–Crippen MR) is 194 cm³/mol. The van der Waals surface area contributed by atoms with Gasteiger partial charge in [-0.1, -0.05) is 87.7 Å². The van der Waals surface area contributed by atoms with Gasteiger partial charge in [-0.3, -0.25) is 9.59 Å². The Morgan fingerprint density at radius 1 is 0.549 bits per heavy atom. The Balaban J connectivity index is 1.13. The normalized spacial score (nSPS) is 12.2. The zero-order valence-corrected chi connectivity index (χ0v) is 29.5. The average Bonchev–Trinajstić information content (AvgIpc) is 3.33. The van der Waals surface area contributed by atoms with Gasteiger partial charge in [0.25, 0.3) is 0 Å². The maximum absolute atomic E-state index is 12.8. The summed E-state index contributed by atoms with van der Waals surface area (Å²) in [4.78, 5) is 48.8. The zero-order chi connectivity index (χ0) is 36.7. The van der Waals surface area contributed by atoms with Crippen molar-refractivity contribution in [3.63, 3.8) is 0 Å². The van der Waals surface area contributed by atoms with E-state index < -0.39 is 17.4 Å². The average molecular weight is 687 g/mol. The number of rotatable bonds is 14. The fourth-order valence-corrected chi connectivity index (χ4v) is 5.83. The maximum atomic E-state index is 12.8. The number of hydrogen-bond acceptors (Lipinski definition) is 8. The number of benzene rings is 4. The highest BCUT2D eigenvalue weighted by molar-refractivity contribution is 5.87. The molecule has 1 aliphatic rings. The Hall–Kier alpha value is -5.76. The van der Waals surface area contributed by atoms with E-state index in [0.717, 1.165) is 44.5 Å². The van der Waals surface area contributed by atoms with Crippen LogP contribution in [0, 0.1) is 0 Å². The summed E-state index contributed by atoms with van der Waals surface area (Å²) < 4.78 is 21.8. The van der Waals surface area contributed by atoms with E-state index in [4.69, 9.17) is 18.9 Å². The van der Waals surface area contributed by atoms with Crippen molar-refractivity contribution >= 4 is 23.9 Å². The summed E-state index contributed by atoms with van der Waals surface area (Å²) in [7, 11) is 0. The molecule has 0 N–H and O–H groups in total. The van der Waals surface area contributed by atoms with Crippen molar-refractivity contribution in [2.75, 3.05) is 0 Å². The first-order valence-electron chi connectivity index (χ1n) is 16.8. The van der Waals surface area contributed by atoms with Crippen LogP contribution in [0.5, 0.6) is 11.5 Å². The largest absolute Gasteiger partial charge is 0.457 e. The van der Waals surface area contributed by atoms with Crippen molar-refractivity contribution in [3.05, 3.63) is 143 Å². The lowest BCUT2D eigenvalue weighted by molar-refractivity contribution is -0.141. The third-order valence-electron chi connectivity index (χ3n) is 8.80. The first-order valence-corrected chi connectivity index (χ1v) is 16.8. The first-order chi connectivity index (χ1) is 24.3. The molecular weight excluding hydrogens is 644 g/mol. The van der Waals surface area contributed by atoms with E-state index in [1.54, 1.807) is 26.0 Å². The summed E-state index contributed by atoms with van der Waals surface area (Å²) in [6.45, 7) is 14.9. The van der Waals surface area contributed by atoms with Crippen molar-refractivity contribution in [2.24, 2.45) is 0 Å². The fourth-order valence-electron chi connectivity index (χ4n) is 5.83. The topological polar surface area (TPSA) is 105 Å². The van der Waals surface area contributed by atoms with Crippen LogP contribution in [-0.2, 0) is 60.1 Å². The maximum Gasteiger partial charge on any atom is 0.333 e. The molecule has 0 bridgehead atoms. The molecule has 0 spiro atoms. The highest BCUT2D eigenvalue weighted by Crippen LogP contribution is 2.50. The van der Waals surface area contributed by atoms with E-state index in [9.17, 15) is 19.2 Å². The van der Waals surface area contributed by atoms with E-state index >= 15 is 0 Å². The van der Waals surface area contributed by atoms with Crippen molar-refractivity contribution in [2.45, 2.75) is 72.0 Å². The lowest BCUT2D eigenvalue weighted by Gasteiger charge is -2.22. The number of aryl methyl sites for hydroxylation is 2. The minimum atomic E-state index is -0.430. The van der Waals surface area contributed by atoms with E-state index in [-0.39, 0.29) is 38.0 Å². The molecular formula is C43H42O8. The van der Waals surface area contributed by atoms with Crippen LogP contribution >= 0.6 is 0 Å². The number of hydrogen-bond donors (Lipinski definition) is 0. The molecule has 0 saturated carbocycles. The second kappa shape index (κ2) is 15.9. The number of fused-ring (bicyclic) bond motifs is 3. The van der Waals surface area contributed by atoms with Crippen LogP contribution in [0.15, 0.2) is 109 Å². The smallest absolute Gasteiger partial charge is 0.333 e. The van der Waals surface area contributed by atoms with Crippen molar-refractivity contribution in [1.29, 1.82) is 0 Å². The summed E-state index contributed by atoms with van der Waals surface area (Å²) in [6.07, 6.45) is 1.43. The number of carbonyl (C=O) groups is 4. The Morgan fingerprint density at radius 2 is 0.902 bits per heavy atom. The minimum absolute atomic E-state index is 0.162. The third kappa shape index (κ3) is 9.28. The van der Waals surface area contributed by atoms with Gasteiger partial charge < -0.3 is 18.9 Å². The quantitative estimate of drug-likeness (QED) is 0.0741. The molecule has 0 fully saturated rings. The van der Waals surface area contributed by atoms with Gasteiger partial charge in [0.05, 0.1) is 0 Å². The fraction of sp³-hybridized carbons (Fsp3) is 0.256. The monoisotopic (exact) mass is 686 g/mol. The molecule has 0 saturated heterocycles. The molecule has 51 heavy (non-hydrogen) atoms. The molecule has 0 aliphatic heterocycles. The molecule has 5 rings (SSSR count). The third-order valence-corrected chi connectivity index (χ3v) is 8.80. The van der Waals surface area contributed by atoms with Gasteiger partial charge in [-0.15, -0.1) is 0 Å². The molecule has 4 aromatic carbocycles. The van der Waals surface area contributed by atoms with Crippen LogP contribution in [0.4, 0.5) is 0 Å². The minimum Gasteiger partial charge on any atom is -0.457 e. The van der Waals surface area contributed by atoms with Crippen LogP contribution in [0.2, 0.25) is 0 Å². The van der Waals surface area contributed by atoms with Gasteiger partial charge in [-0.05, 0) is 95.5 Å². The van der Waals surface area contributed by atoms with Crippen molar-refractivity contribution < 1.29 is 38.1 Å². The van der Waals surface area contributed by atoms with Crippen LogP contribution < -0.4 is 9.47 Å². The van der Waals surface area contributed by atoms with Crippen LogP contribution in [0.3, 0.4) is 0 Å². The second-order valence-corrected chi connectivity index (χ2v) is 13.3. The highest BCUT2D eigenvalue weighted by atomic mass is 16.5. The highest BCUT2D eigenvalue weighted by Gasteiger charge is 2.36. The number of carbonyl (C=O) groups excluding carboxylic acids is 4. The molecule has 0 heterocycles. The molecule has 8 heteroatoms. The van der Waals surface area contributed by atoms with Crippen LogP contribution in [-0.4, -0.2) is 23.9 Å². The van der Waals surface area contributed by atoms with E-state index in [1.807, 2.05) is 72.8 Å². The Bertz CT molecular complexity index is 1840. The van der Waals surface area contributed by atoms with Gasteiger partial charge in [0.2, 0.25) is 0 Å². The van der Waals surface area contributed by atoms with Gasteiger partial charge in [0.1, 0.15) is 24.7 Å². The van der Waals surface area contributed by atoms with Crippen LogP contribution in [0.25, 0.3) is 11.1 Å². The van der Waals surface area contributed by atoms with E-state index in [0.29, 0.717) is 35.5 Å². The molecule has 4 aromatic rings. The molecule has 0 atom stereocenters. The number of ether oxygens (including phenoxy) is 4. The molecule has 0 radical (unpaired) electrons. The molecule has 262 valence electrons. The SMILES string of the molecule is C=C(C)C(=O)OCc1ccc(CCC(=O)Oc2ccc3c(c2)C(C)(C)c2cc(OC(=O)CCc4ccc(COC(=O)C(=C)C)cc4)ccc2-3)cc1. The molecule has 0 amide bonds. The number of esters is 4. The summed E-state index contributed by atoms with van der Waals surface area (Å²) in [6, 6.07) is 26.5. The van der Waals surface area contributed by atoms with Crippen LogP contribution in [0.1, 0.15) is 73.9 Å². The summed E-state index contributed by atoms with van der Waals surface area (Å²) in [5, 5.41) is 0. The molecule has 0 aromatic heterocycles. The van der Waals surface area contributed by atoms with Gasteiger partial charge >= 0.3 is 23.9 Å². The molecule has 8 nitrogen and oxygen atoms in total. The van der Waals surface area contributed by atoms with Gasteiger partial charge in [0, 0.05) is 29.4 Å². The zero-order valence-electron chi connectivity index (χ0n) is 29.5. The predicted octanol–water partition coefficient (Wildman–Crippen LogP) is 8.31.